The Balaban J connectivity index is 2.10. The SMILES string of the molecule is COc1ccc(N)c(S(=O)CCc2ccnn2C)c1. The number of aromatic nitrogens is 2. The van der Waals surface area contributed by atoms with E-state index in [1.807, 2.05) is 13.1 Å². The zero-order valence-corrected chi connectivity index (χ0v) is 11.8. The molecule has 1 heterocycles. The lowest BCUT2D eigenvalue weighted by molar-refractivity contribution is 0.413. The summed E-state index contributed by atoms with van der Waals surface area (Å²) in [5, 5.41) is 4.09. The average molecular weight is 279 g/mol. The van der Waals surface area contributed by atoms with E-state index in [1.54, 1.807) is 36.2 Å². The van der Waals surface area contributed by atoms with E-state index in [1.165, 1.54) is 0 Å². The molecule has 19 heavy (non-hydrogen) atoms. The zero-order valence-electron chi connectivity index (χ0n) is 11.0. The summed E-state index contributed by atoms with van der Waals surface area (Å²) in [5.41, 5.74) is 7.44. The summed E-state index contributed by atoms with van der Waals surface area (Å²) in [6, 6.07) is 7.13. The monoisotopic (exact) mass is 279 g/mol. The van der Waals surface area contributed by atoms with Gasteiger partial charge in [0.15, 0.2) is 0 Å². The lowest BCUT2D eigenvalue weighted by Gasteiger charge is -2.08. The first kappa shape index (κ1) is 13.6. The largest absolute Gasteiger partial charge is 0.497 e. The summed E-state index contributed by atoms with van der Waals surface area (Å²) in [7, 11) is 2.30. The molecule has 1 aromatic carbocycles. The van der Waals surface area contributed by atoms with Crippen LogP contribution in [0, 0.1) is 0 Å². The van der Waals surface area contributed by atoms with Gasteiger partial charge in [0.25, 0.3) is 0 Å². The lowest BCUT2D eigenvalue weighted by atomic mass is 10.3. The van der Waals surface area contributed by atoms with Gasteiger partial charge in [-0.3, -0.25) is 8.89 Å². The molecule has 6 heteroatoms. The van der Waals surface area contributed by atoms with E-state index in [-0.39, 0.29) is 0 Å². The van der Waals surface area contributed by atoms with Crippen LogP contribution in [0.25, 0.3) is 0 Å². The number of hydrogen-bond acceptors (Lipinski definition) is 4. The van der Waals surface area contributed by atoms with Gasteiger partial charge in [-0.1, -0.05) is 0 Å². The Labute approximate surface area is 114 Å². The number of benzene rings is 1. The van der Waals surface area contributed by atoms with Crippen LogP contribution in [0.15, 0.2) is 35.4 Å². The van der Waals surface area contributed by atoms with Crippen molar-refractivity contribution in [3.63, 3.8) is 0 Å². The van der Waals surface area contributed by atoms with Gasteiger partial charge in [0.2, 0.25) is 0 Å². The maximum Gasteiger partial charge on any atom is 0.120 e. The van der Waals surface area contributed by atoms with Crippen molar-refractivity contribution in [1.82, 2.24) is 9.78 Å². The topological polar surface area (TPSA) is 70.1 Å². The summed E-state index contributed by atoms with van der Waals surface area (Å²) in [6.07, 6.45) is 2.43. The van der Waals surface area contributed by atoms with Gasteiger partial charge in [-0.25, -0.2) is 0 Å². The van der Waals surface area contributed by atoms with Gasteiger partial charge in [-0.15, -0.1) is 0 Å². The van der Waals surface area contributed by atoms with Crippen molar-refractivity contribution in [2.24, 2.45) is 7.05 Å². The maximum absolute atomic E-state index is 12.3. The zero-order chi connectivity index (χ0) is 13.8. The van der Waals surface area contributed by atoms with Crippen molar-refractivity contribution < 1.29 is 8.95 Å². The van der Waals surface area contributed by atoms with E-state index in [0.717, 1.165) is 5.69 Å². The van der Waals surface area contributed by atoms with Crippen LogP contribution in [0.1, 0.15) is 5.69 Å². The molecule has 0 bridgehead atoms. The maximum atomic E-state index is 12.3. The van der Waals surface area contributed by atoms with Crippen LogP contribution < -0.4 is 10.5 Å². The molecule has 2 aromatic rings. The van der Waals surface area contributed by atoms with Gasteiger partial charge in [0, 0.05) is 36.8 Å². The summed E-state index contributed by atoms with van der Waals surface area (Å²) >= 11 is 0. The molecular formula is C13H17N3O2S. The fourth-order valence-electron chi connectivity index (χ4n) is 1.79. The Kier molecular flexibility index (Phi) is 4.21. The van der Waals surface area contributed by atoms with E-state index >= 15 is 0 Å². The Hall–Kier alpha value is -1.82. The quantitative estimate of drug-likeness (QED) is 0.839. The van der Waals surface area contributed by atoms with Crippen molar-refractivity contribution >= 4 is 16.5 Å². The highest BCUT2D eigenvalue weighted by atomic mass is 32.2. The summed E-state index contributed by atoms with van der Waals surface area (Å²) < 4.78 is 19.2. The third kappa shape index (κ3) is 3.14. The lowest BCUT2D eigenvalue weighted by Crippen LogP contribution is -2.07. The smallest absolute Gasteiger partial charge is 0.120 e. The molecule has 5 nitrogen and oxygen atoms in total. The molecule has 0 aliphatic heterocycles. The molecule has 1 aromatic heterocycles. The second-order valence-electron chi connectivity index (χ2n) is 4.15. The average Bonchev–Trinajstić information content (AvgIpc) is 2.82. The van der Waals surface area contributed by atoms with Crippen LogP contribution >= 0.6 is 0 Å². The highest BCUT2D eigenvalue weighted by molar-refractivity contribution is 7.85. The third-order valence-corrected chi connectivity index (χ3v) is 4.35. The molecule has 2 N–H and O–H groups in total. The fourth-order valence-corrected chi connectivity index (χ4v) is 2.99. The van der Waals surface area contributed by atoms with Gasteiger partial charge in [0.1, 0.15) is 5.75 Å². The second kappa shape index (κ2) is 5.88. The van der Waals surface area contributed by atoms with E-state index < -0.39 is 10.8 Å². The number of nitrogen functional groups attached to an aromatic ring is 1. The molecule has 0 saturated heterocycles. The van der Waals surface area contributed by atoms with Crippen molar-refractivity contribution in [3.8, 4) is 5.75 Å². The van der Waals surface area contributed by atoms with Gasteiger partial charge in [0.05, 0.1) is 22.8 Å². The molecule has 102 valence electrons. The normalized spacial score (nSPS) is 12.3. The summed E-state index contributed by atoms with van der Waals surface area (Å²) in [5.74, 6) is 1.18. The molecule has 0 aliphatic rings. The molecule has 1 atom stereocenters. The molecule has 0 radical (unpaired) electrons. The minimum absolute atomic E-state index is 0.511. The Morgan fingerprint density at radius 2 is 2.21 bits per heavy atom. The summed E-state index contributed by atoms with van der Waals surface area (Å²) in [4.78, 5) is 0.626. The van der Waals surface area contributed by atoms with Crippen molar-refractivity contribution in [3.05, 3.63) is 36.2 Å². The Bertz CT molecular complexity index is 595. The van der Waals surface area contributed by atoms with Crippen LogP contribution in [0.4, 0.5) is 5.69 Å². The predicted molar refractivity (Wildman–Crippen MR) is 75.6 cm³/mol. The molecule has 0 fully saturated rings. The standard InChI is InChI=1S/C13H17N3O2S/c1-16-10(5-7-15-16)6-8-19(17)13-9-11(18-2)3-4-12(13)14/h3-5,7,9H,6,8,14H2,1-2H3. The van der Waals surface area contributed by atoms with Crippen molar-refractivity contribution in [2.75, 3.05) is 18.6 Å². The number of methoxy groups -OCH3 is 1. The van der Waals surface area contributed by atoms with E-state index in [9.17, 15) is 4.21 Å². The number of ether oxygens (including phenoxy) is 1. The highest BCUT2D eigenvalue weighted by Gasteiger charge is 2.10. The van der Waals surface area contributed by atoms with Crippen molar-refractivity contribution in [2.45, 2.75) is 11.3 Å². The molecule has 2 rings (SSSR count). The molecule has 0 aliphatic carbocycles. The van der Waals surface area contributed by atoms with Gasteiger partial charge < -0.3 is 10.5 Å². The number of rotatable bonds is 5. The van der Waals surface area contributed by atoms with Crippen LogP contribution in [-0.4, -0.2) is 26.9 Å². The van der Waals surface area contributed by atoms with Gasteiger partial charge in [-0.2, -0.15) is 5.10 Å². The first-order chi connectivity index (χ1) is 9.11. The van der Waals surface area contributed by atoms with Crippen LogP contribution in [0.5, 0.6) is 5.75 Å². The molecule has 0 saturated carbocycles. The number of aryl methyl sites for hydroxylation is 2. The number of hydrogen-bond donors (Lipinski definition) is 1. The second-order valence-corrected chi connectivity index (χ2v) is 5.69. The van der Waals surface area contributed by atoms with Crippen molar-refractivity contribution in [1.29, 1.82) is 0 Å². The molecule has 0 spiro atoms. The van der Waals surface area contributed by atoms with Crippen LogP contribution in [0.3, 0.4) is 0 Å². The third-order valence-electron chi connectivity index (χ3n) is 2.93. The first-order valence-corrected chi connectivity index (χ1v) is 7.22. The Morgan fingerprint density at radius 3 is 2.84 bits per heavy atom. The van der Waals surface area contributed by atoms with Gasteiger partial charge >= 0.3 is 0 Å². The predicted octanol–water partition coefficient (Wildman–Crippen LogP) is 1.36. The first-order valence-electron chi connectivity index (χ1n) is 5.90. The van der Waals surface area contributed by atoms with E-state index in [4.69, 9.17) is 10.5 Å². The minimum Gasteiger partial charge on any atom is -0.497 e. The molecule has 1 unspecified atom stereocenters. The highest BCUT2D eigenvalue weighted by Crippen LogP contribution is 2.23. The van der Waals surface area contributed by atoms with E-state index in [0.29, 0.717) is 28.5 Å². The molecule has 0 amide bonds. The minimum atomic E-state index is -1.15. The summed E-state index contributed by atoms with van der Waals surface area (Å²) in [6.45, 7) is 0. The van der Waals surface area contributed by atoms with Crippen LogP contribution in [0.2, 0.25) is 0 Å². The van der Waals surface area contributed by atoms with Crippen LogP contribution in [-0.2, 0) is 24.3 Å². The fraction of sp³-hybridized carbons (Fsp3) is 0.308. The molecular weight excluding hydrogens is 262 g/mol. The van der Waals surface area contributed by atoms with Gasteiger partial charge in [-0.05, 0) is 24.3 Å². The number of nitrogens with zero attached hydrogens (tertiary/aromatic N) is 2. The van der Waals surface area contributed by atoms with E-state index in [2.05, 4.69) is 5.10 Å². The Morgan fingerprint density at radius 1 is 1.42 bits per heavy atom. The number of nitrogens with two attached hydrogens (primary N) is 1. The number of anilines is 1.